The van der Waals surface area contributed by atoms with Crippen molar-refractivity contribution in [3.63, 3.8) is 0 Å². The predicted molar refractivity (Wildman–Crippen MR) is 117 cm³/mol. The molecule has 1 saturated heterocycles. The fraction of sp³-hybridized carbons (Fsp3) is 0.478. The monoisotopic (exact) mass is 409 g/mol. The molecule has 1 aliphatic heterocycles. The Hall–Kier alpha value is -2.64. The van der Waals surface area contributed by atoms with Gasteiger partial charge in [-0.15, -0.1) is 0 Å². The summed E-state index contributed by atoms with van der Waals surface area (Å²) in [5, 5.41) is 4.08. The molecule has 1 amide bonds. The molecular weight excluding hydrogens is 378 g/mol. The lowest BCUT2D eigenvalue weighted by atomic mass is 10.0. The number of H-pyrrole nitrogens is 1. The SMILES string of the molecule is CC1CCCCN1CCCNC(=O)c1coc(C(N)Cc2c[nH]c3ccccc23)n1. The number of nitrogens with zero attached hydrogens (tertiary/aromatic N) is 2. The quantitative estimate of drug-likeness (QED) is 0.495. The first-order chi connectivity index (χ1) is 14.6. The van der Waals surface area contributed by atoms with Gasteiger partial charge in [-0.1, -0.05) is 24.6 Å². The highest BCUT2D eigenvalue weighted by molar-refractivity contribution is 5.91. The molecule has 1 fully saturated rings. The number of nitrogens with two attached hydrogens (primary N) is 1. The Morgan fingerprint density at radius 3 is 3.13 bits per heavy atom. The predicted octanol–water partition coefficient (Wildman–Crippen LogP) is 3.39. The summed E-state index contributed by atoms with van der Waals surface area (Å²) in [6, 6.07) is 8.33. The van der Waals surface area contributed by atoms with Crippen LogP contribution >= 0.6 is 0 Å². The molecule has 0 saturated carbocycles. The molecule has 3 heterocycles. The molecule has 1 aliphatic rings. The van der Waals surface area contributed by atoms with Crippen molar-refractivity contribution >= 4 is 16.8 Å². The number of fused-ring (bicyclic) bond motifs is 1. The van der Waals surface area contributed by atoms with E-state index in [0.29, 0.717) is 24.9 Å². The third kappa shape index (κ3) is 4.74. The maximum atomic E-state index is 12.4. The number of hydrogen-bond donors (Lipinski definition) is 3. The first-order valence-corrected chi connectivity index (χ1v) is 10.9. The molecule has 160 valence electrons. The maximum Gasteiger partial charge on any atom is 0.273 e. The summed E-state index contributed by atoms with van der Waals surface area (Å²) in [7, 11) is 0. The van der Waals surface area contributed by atoms with Crippen molar-refractivity contribution in [3.05, 3.63) is 53.9 Å². The first-order valence-electron chi connectivity index (χ1n) is 10.9. The zero-order valence-electron chi connectivity index (χ0n) is 17.6. The van der Waals surface area contributed by atoms with Crippen molar-refractivity contribution in [1.29, 1.82) is 0 Å². The lowest BCUT2D eigenvalue weighted by molar-refractivity contribution is 0.0944. The largest absolute Gasteiger partial charge is 0.446 e. The van der Waals surface area contributed by atoms with Gasteiger partial charge in [0, 0.05) is 36.2 Å². The number of rotatable bonds is 8. The second-order valence-electron chi connectivity index (χ2n) is 8.23. The van der Waals surface area contributed by atoms with Crippen molar-refractivity contribution in [2.45, 2.75) is 51.1 Å². The number of hydrogen-bond acceptors (Lipinski definition) is 5. The molecule has 4 N–H and O–H groups in total. The molecule has 3 aromatic rings. The van der Waals surface area contributed by atoms with Gasteiger partial charge < -0.3 is 25.4 Å². The number of likely N-dealkylation sites (tertiary alicyclic amines) is 1. The van der Waals surface area contributed by atoms with Crippen LogP contribution in [0.1, 0.15) is 60.6 Å². The van der Waals surface area contributed by atoms with E-state index in [9.17, 15) is 4.79 Å². The highest BCUT2D eigenvalue weighted by atomic mass is 16.3. The molecule has 7 nitrogen and oxygen atoms in total. The fourth-order valence-corrected chi connectivity index (χ4v) is 4.25. The number of para-hydroxylation sites is 1. The Balaban J connectivity index is 1.27. The van der Waals surface area contributed by atoms with Crippen LogP contribution in [0.2, 0.25) is 0 Å². The third-order valence-electron chi connectivity index (χ3n) is 6.03. The Kier molecular flexibility index (Phi) is 6.50. The van der Waals surface area contributed by atoms with E-state index in [1.165, 1.54) is 25.5 Å². The molecule has 0 aliphatic carbocycles. The lowest BCUT2D eigenvalue weighted by Gasteiger charge is -2.33. The van der Waals surface area contributed by atoms with E-state index in [0.717, 1.165) is 36.0 Å². The summed E-state index contributed by atoms with van der Waals surface area (Å²) < 4.78 is 5.51. The van der Waals surface area contributed by atoms with Crippen molar-refractivity contribution in [1.82, 2.24) is 20.2 Å². The summed E-state index contributed by atoms with van der Waals surface area (Å²) in [6.07, 6.45) is 8.74. The number of nitrogens with one attached hydrogen (secondary N) is 2. The smallest absolute Gasteiger partial charge is 0.273 e. The molecule has 4 rings (SSSR count). The van der Waals surface area contributed by atoms with Crippen LogP contribution in [-0.2, 0) is 6.42 Å². The second-order valence-corrected chi connectivity index (χ2v) is 8.23. The molecule has 0 bridgehead atoms. The molecule has 0 radical (unpaired) electrons. The number of amides is 1. The van der Waals surface area contributed by atoms with E-state index in [1.54, 1.807) is 0 Å². The minimum absolute atomic E-state index is 0.212. The van der Waals surface area contributed by atoms with Crippen LogP contribution in [-0.4, -0.2) is 46.5 Å². The molecule has 1 aromatic carbocycles. The van der Waals surface area contributed by atoms with E-state index in [4.69, 9.17) is 10.2 Å². The number of carbonyl (C=O) groups is 1. The number of aromatic amines is 1. The van der Waals surface area contributed by atoms with Crippen LogP contribution in [0, 0.1) is 0 Å². The van der Waals surface area contributed by atoms with Crippen LogP contribution in [0.25, 0.3) is 10.9 Å². The summed E-state index contributed by atoms with van der Waals surface area (Å²) >= 11 is 0. The topological polar surface area (TPSA) is 100 Å². The number of oxazole rings is 1. The highest BCUT2D eigenvalue weighted by Gasteiger charge is 2.20. The zero-order chi connectivity index (χ0) is 20.9. The van der Waals surface area contributed by atoms with Crippen molar-refractivity contribution in [2.75, 3.05) is 19.6 Å². The van der Waals surface area contributed by atoms with Gasteiger partial charge in [-0.2, -0.15) is 0 Å². The average Bonchev–Trinajstić information content (AvgIpc) is 3.40. The molecule has 2 aromatic heterocycles. The van der Waals surface area contributed by atoms with Gasteiger partial charge in [-0.05, 0) is 50.8 Å². The fourth-order valence-electron chi connectivity index (χ4n) is 4.25. The van der Waals surface area contributed by atoms with Gasteiger partial charge in [0.15, 0.2) is 5.69 Å². The van der Waals surface area contributed by atoms with Gasteiger partial charge in [0.05, 0.1) is 6.04 Å². The zero-order valence-corrected chi connectivity index (χ0v) is 17.6. The average molecular weight is 410 g/mol. The molecular formula is C23H31N5O2. The minimum atomic E-state index is -0.411. The van der Waals surface area contributed by atoms with Gasteiger partial charge in [0.2, 0.25) is 5.89 Å². The number of benzene rings is 1. The Morgan fingerprint density at radius 1 is 1.40 bits per heavy atom. The molecule has 30 heavy (non-hydrogen) atoms. The third-order valence-corrected chi connectivity index (χ3v) is 6.03. The summed E-state index contributed by atoms with van der Waals surface area (Å²) in [5.41, 5.74) is 8.76. The van der Waals surface area contributed by atoms with Crippen molar-refractivity contribution in [3.8, 4) is 0 Å². The molecule has 2 atom stereocenters. The molecule has 7 heteroatoms. The van der Waals surface area contributed by atoms with Gasteiger partial charge >= 0.3 is 0 Å². The molecule has 0 spiro atoms. The van der Waals surface area contributed by atoms with Gasteiger partial charge in [-0.3, -0.25) is 4.79 Å². The Bertz CT molecular complexity index is 979. The van der Waals surface area contributed by atoms with Gasteiger partial charge in [0.1, 0.15) is 6.26 Å². The first kappa shape index (κ1) is 20.6. The van der Waals surface area contributed by atoms with Crippen molar-refractivity contribution in [2.24, 2.45) is 5.73 Å². The Labute approximate surface area is 177 Å². The van der Waals surface area contributed by atoms with Crippen LogP contribution < -0.4 is 11.1 Å². The van der Waals surface area contributed by atoms with Gasteiger partial charge in [0.25, 0.3) is 5.91 Å². The van der Waals surface area contributed by atoms with Crippen LogP contribution in [0.4, 0.5) is 0 Å². The minimum Gasteiger partial charge on any atom is -0.446 e. The van der Waals surface area contributed by atoms with E-state index in [1.807, 2.05) is 24.4 Å². The summed E-state index contributed by atoms with van der Waals surface area (Å²) in [5.74, 6) is 0.170. The van der Waals surface area contributed by atoms with Crippen LogP contribution in [0.3, 0.4) is 0 Å². The van der Waals surface area contributed by atoms with E-state index < -0.39 is 6.04 Å². The van der Waals surface area contributed by atoms with E-state index >= 15 is 0 Å². The summed E-state index contributed by atoms with van der Waals surface area (Å²) in [6.45, 7) is 5.09. The Morgan fingerprint density at radius 2 is 2.27 bits per heavy atom. The standard InChI is InChI=1S/C23H31N5O2/c1-16-7-4-5-11-28(16)12-6-10-25-22(29)21-15-30-23(27-21)19(24)13-17-14-26-20-9-3-2-8-18(17)20/h2-3,8-9,14-16,19,26H,4-7,10-13,24H2,1H3,(H,25,29). The normalized spacial score (nSPS) is 18.5. The van der Waals surface area contributed by atoms with Crippen LogP contribution in [0.5, 0.6) is 0 Å². The van der Waals surface area contributed by atoms with Gasteiger partial charge in [-0.25, -0.2) is 4.98 Å². The van der Waals surface area contributed by atoms with Crippen LogP contribution in [0.15, 0.2) is 41.1 Å². The molecule has 2 unspecified atom stereocenters. The number of aromatic nitrogens is 2. The maximum absolute atomic E-state index is 12.4. The van der Waals surface area contributed by atoms with E-state index in [-0.39, 0.29) is 11.6 Å². The van der Waals surface area contributed by atoms with Crippen molar-refractivity contribution < 1.29 is 9.21 Å². The highest BCUT2D eigenvalue weighted by Crippen LogP contribution is 2.23. The lowest BCUT2D eigenvalue weighted by Crippen LogP contribution is -2.39. The van der Waals surface area contributed by atoms with E-state index in [2.05, 4.69) is 33.2 Å². The number of carbonyl (C=O) groups excluding carboxylic acids is 1. The second kappa shape index (κ2) is 9.45. The summed E-state index contributed by atoms with van der Waals surface area (Å²) in [4.78, 5) is 22.5. The number of piperidine rings is 1.